The van der Waals surface area contributed by atoms with E-state index >= 15 is 0 Å². The van der Waals surface area contributed by atoms with Gasteiger partial charge in [-0.25, -0.2) is 8.42 Å². The standard InChI is InChI=1S/C21H24N4O5S/c1-15(26)25-19-6-5-18(31(28,29)24-8-10-30-11-9-24)12-16(19)13-20(25)21(27)23-14-17-4-2-3-7-22-17/h2-7,12,20H,8-11,13-14H2,1H3,(H,23,27). The summed E-state index contributed by atoms with van der Waals surface area (Å²) in [6.07, 6.45) is 1.89. The van der Waals surface area contributed by atoms with Crippen molar-refractivity contribution in [2.75, 3.05) is 31.2 Å². The normalized spacial score (nSPS) is 19.1. The molecular weight excluding hydrogens is 420 g/mol. The van der Waals surface area contributed by atoms with Crippen molar-refractivity contribution in [3.05, 3.63) is 53.9 Å². The number of pyridine rings is 1. The van der Waals surface area contributed by atoms with E-state index < -0.39 is 16.1 Å². The van der Waals surface area contributed by atoms with Crippen molar-refractivity contribution in [2.45, 2.75) is 30.8 Å². The van der Waals surface area contributed by atoms with Crippen LogP contribution in [0.4, 0.5) is 5.69 Å². The molecule has 0 saturated carbocycles. The van der Waals surface area contributed by atoms with Crippen molar-refractivity contribution in [1.29, 1.82) is 0 Å². The molecule has 3 heterocycles. The van der Waals surface area contributed by atoms with E-state index in [-0.39, 0.29) is 29.7 Å². The Kier molecular flexibility index (Phi) is 6.03. The highest BCUT2D eigenvalue weighted by Crippen LogP contribution is 2.35. The first-order valence-electron chi connectivity index (χ1n) is 10.1. The summed E-state index contributed by atoms with van der Waals surface area (Å²) in [6.45, 7) is 2.97. The molecule has 0 aliphatic carbocycles. The molecule has 1 unspecified atom stereocenters. The molecule has 1 aromatic heterocycles. The van der Waals surface area contributed by atoms with Gasteiger partial charge < -0.3 is 10.1 Å². The molecule has 1 saturated heterocycles. The molecule has 31 heavy (non-hydrogen) atoms. The van der Waals surface area contributed by atoms with Gasteiger partial charge in [0, 0.05) is 38.3 Å². The lowest BCUT2D eigenvalue weighted by atomic mass is 10.1. The maximum atomic E-state index is 13.0. The second-order valence-electron chi connectivity index (χ2n) is 7.45. The Hall–Kier alpha value is -2.82. The maximum absolute atomic E-state index is 13.0. The summed E-state index contributed by atoms with van der Waals surface area (Å²) in [5.74, 6) is -0.588. The number of nitrogens with zero attached hydrogens (tertiary/aromatic N) is 3. The fourth-order valence-electron chi connectivity index (χ4n) is 3.92. The molecule has 4 rings (SSSR count). The molecule has 9 nitrogen and oxygen atoms in total. The number of hydrogen-bond acceptors (Lipinski definition) is 6. The summed E-state index contributed by atoms with van der Waals surface area (Å²) in [7, 11) is -3.66. The summed E-state index contributed by atoms with van der Waals surface area (Å²) in [5, 5.41) is 2.82. The van der Waals surface area contributed by atoms with Crippen molar-refractivity contribution in [2.24, 2.45) is 0 Å². The highest BCUT2D eigenvalue weighted by Gasteiger charge is 2.38. The van der Waals surface area contributed by atoms with Gasteiger partial charge in [0.2, 0.25) is 21.8 Å². The number of anilines is 1. The zero-order valence-corrected chi connectivity index (χ0v) is 18.0. The van der Waals surface area contributed by atoms with Gasteiger partial charge in [0.15, 0.2) is 0 Å². The molecule has 2 aliphatic rings. The fraction of sp³-hybridized carbons (Fsp3) is 0.381. The lowest BCUT2D eigenvalue weighted by Gasteiger charge is -2.26. The molecule has 164 valence electrons. The predicted molar refractivity (Wildman–Crippen MR) is 113 cm³/mol. The van der Waals surface area contributed by atoms with Crippen LogP contribution in [0.25, 0.3) is 0 Å². The number of rotatable bonds is 5. The van der Waals surface area contributed by atoms with Crippen LogP contribution in [0, 0.1) is 0 Å². The lowest BCUT2D eigenvalue weighted by molar-refractivity contribution is -0.125. The number of aromatic nitrogens is 1. The smallest absolute Gasteiger partial charge is 0.243 e. The molecule has 1 aromatic carbocycles. The quantitative estimate of drug-likeness (QED) is 0.727. The van der Waals surface area contributed by atoms with Crippen molar-refractivity contribution < 1.29 is 22.7 Å². The summed E-state index contributed by atoms with van der Waals surface area (Å²) >= 11 is 0. The van der Waals surface area contributed by atoms with Gasteiger partial charge in [0.1, 0.15) is 6.04 Å². The average molecular weight is 445 g/mol. The van der Waals surface area contributed by atoms with Gasteiger partial charge in [-0.05, 0) is 35.9 Å². The SMILES string of the molecule is CC(=O)N1c2ccc(S(=O)(=O)N3CCOCC3)cc2CC1C(=O)NCc1ccccn1. The third-order valence-corrected chi connectivity index (χ3v) is 7.35. The average Bonchev–Trinajstić information content (AvgIpc) is 3.18. The largest absolute Gasteiger partial charge is 0.379 e. The van der Waals surface area contributed by atoms with Crippen LogP contribution in [0.2, 0.25) is 0 Å². The van der Waals surface area contributed by atoms with Gasteiger partial charge >= 0.3 is 0 Å². The fourth-order valence-corrected chi connectivity index (χ4v) is 5.38. The molecule has 10 heteroatoms. The van der Waals surface area contributed by atoms with Crippen LogP contribution in [0.15, 0.2) is 47.5 Å². The van der Waals surface area contributed by atoms with Gasteiger partial charge in [-0.1, -0.05) is 6.07 Å². The highest BCUT2D eigenvalue weighted by atomic mass is 32.2. The Balaban J connectivity index is 1.55. The topological polar surface area (TPSA) is 109 Å². The number of nitrogens with one attached hydrogen (secondary N) is 1. The number of carbonyl (C=O) groups is 2. The third-order valence-electron chi connectivity index (χ3n) is 5.46. The molecule has 1 atom stereocenters. The van der Waals surface area contributed by atoms with E-state index in [4.69, 9.17) is 4.74 Å². The van der Waals surface area contributed by atoms with Crippen LogP contribution in [-0.2, 0) is 37.3 Å². The third kappa shape index (κ3) is 4.32. The van der Waals surface area contributed by atoms with Crippen LogP contribution >= 0.6 is 0 Å². The predicted octanol–water partition coefficient (Wildman–Crippen LogP) is 0.697. The summed E-state index contributed by atoms with van der Waals surface area (Å²) in [4.78, 5) is 30.9. The zero-order valence-electron chi connectivity index (χ0n) is 17.2. The molecule has 2 aromatic rings. The van der Waals surface area contributed by atoms with Gasteiger partial charge in [0.25, 0.3) is 0 Å². The first kappa shape index (κ1) is 21.4. The number of carbonyl (C=O) groups excluding carboxylic acids is 2. The minimum absolute atomic E-state index is 0.159. The number of fused-ring (bicyclic) bond motifs is 1. The van der Waals surface area contributed by atoms with Crippen LogP contribution < -0.4 is 10.2 Å². The van der Waals surface area contributed by atoms with E-state index in [0.29, 0.717) is 43.2 Å². The molecule has 1 N–H and O–H groups in total. The maximum Gasteiger partial charge on any atom is 0.243 e. The van der Waals surface area contributed by atoms with Crippen molar-refractivity contribution in [3.8, 4) is 0 Å². The van der Waals surface area contributed by atoms with Crippen molar-refractivity contribution >= 4 is 27.5 Å². The van der Waals surface area contributed by atoms with Gasteiger partial charge in [0.05, 0.1) is 30.3 Å². The number of hydrogen-bond donors (Lipinski definition) is 1. The monoisotopic (exact) mass is 444 g/mol. The van der Waals surface area contributed by atoms with E-state index in [0.717, 1.165) is 0 Å². The van der Waals surface area contributed by atoms with E-state index in [1.165, 1.54) is 22.2 Å². The first-order valence-corrected chi connectivity index (χ1v) is 11.5. The highest BCUT2D eigenvalue weighted by molar-refractivity contribution is 7.89. The summed E-state index contributed by atoms with van der Waals surface area (Å²) in [5.41, 5.74) is 1.92. The molecule has 0 radical (unpaired) electrons. The summed E-state index contributed by atoms with van der Waals surface area (Å²) < 4.78 is 32.6. The number of ether oxygens (including phenoxy) is 1. The lowest BCUT2D eigenvalue weighted by Crippen LogP contribution is -2.47. The molecule has 2 amide bonds. The number of benzene rings is 1. The van der Waals surface area contributed by atoms with E-state index in [1.54, 1.807) is 30.5 Å². The van der Waals surface area contributed by atoms with Crippen LogP contribution in [0.1, 0.15) is 18.2 Å². The van der Waals surface area contributed by atoms with Crippen LogP contribution in [0.3, 0.4) is 0 Å². The summed E-state index contributed by atoms with van der Waals surface area (Å²) in [6, 6.07) is 9.36. The van der Waals surface area contributed by atoms with Gasteiger partial charge in [-0.3, -0.25) is 19.5 Å². The Labute approximate surface area is 181 Å². The number of sulfonamides is 1. The van der Waals surface area contributed by atoms with Gasteiger partial charge in [-0.2, -0.15) is 4.31 Å². The Morgan fingerprint density at radius 1 is 1.19 bits per heavy atom. The second-order valence-corrected chi connectivity index (χ2v) is 9.39. The van der Waals surface area contributed by atoms with E-state index in [1.807, 2.05) is 6.07 Å². The minimum Gasteiger partial charge on any atom is -0.379 e. The minimum atomic E-state index is -3.66. The number of morpholine rings is 1. The van der Waals surface area contributed by atoms with Crippen molar-refractivity contribution in [1.82, 2.24) is 14.6 Å². The Bertz CT molecular complexity index is 1080. The molecule has 1 fully saturated rings. The van der Waals surface area contributed by atoms with Crippen LogP contribution in [0.5, 0.6) is 0 Å². The molecule has 0 spiro atoms. The van der Waals surface area contributed by atoms with E-state index in [2.05, 4.69) is 10.3 Å². The second kappa shape index (κ2) is 8.74. The van der Waals surface area contributed by atoms with Gasteiger partial charge in [-0.15, -0.1) is 0 Å². The van der Waals surface area contributed by atoms with Crippen LogP contribution in [-0.4, -0.2) is 61.9 Å². The van der Waals surface area contributed by atoms with E-state index in [9.17, 15) is 18.0 Å². The molecule has 2 aliphatic heterocycles. The van der Waals surface area contributed by atoms with Crippen molar-refractivity contribution in [3.63, 3.8) is 0 Å². The Morgan fingerprint density at radius 3 is 2.65 bits per heavy atom. The zero-order chi connectivity index (χ0) is 22.0. The molecule has 0 bridgehead atoms. The first-order chi connectivity index (χ1) is 14.9. The number of amides is 2. The Morgan fingerprint density at radius 2 is 1.97 bits per heavy atom. The molecular formula is C21H24N4O5S.